The van der Waals surface area contributed by atoms with Gasteiger partial charge in [-0.1, -0.05) is 37.0 Å². The Hall–Kier alpha value is -3.24. The van der Waals surface area contributed by atoms with E-state index in [2.05, 4.69) is 20.3 Å². The maximum atomic E-state index is 12.2. The quantitative estimate of drug-likeness (QED) is 0.568. The van der Waals surface area contributed by atoms with Crippen LogP contribution in [0.1, 0.15) is 37.9 Å². The van der Waals surface area contributed by atoms with E-state index in [1.54, 1.807) is 0 Å². The molecule has 0 fully saturated rings. The van der Waals surface area contributed by atoms with Crippen LogP contribution in [0.2, 0.25) is 10.0 Å². The zero-order valence-corrected chi connectivity index (χ0v) is 18.2. The highest BCUT2D eigenvalue weighted by molar-refractivity contribution is 6.37. The molecule has 2 aromatic heterocycles. The molecule has 0 radical (unpaired) electrons. The average molecular weight is 466 g/mol. The molecule has 3 aromatic rings. The molecule has 2 N–H and O–H groups in total. The molecule has 0 aliphatic rings. The first-order valence-corrected chi connectivity index (χ1v) is 9.81. The number of nitrogens with zero attached hydrogens (tertiary/aromatic N) is 3. The summed E-state index contributed by atoms with van der Waals surface area (Å²) in [5.41, 5.74) is -1.43. The summed E-state index contributed by atoms with van der Waals surface area (Å²) in [7, 11) is 0. The number of halogens is 2. The van der Waals surface area contributed by atoms with Gasteiger partial charge in [-0.15, -0.1) is 5.10 Å². The minimum atomic E-state index is -0.831. The molecular weight excluding hydrogens is 449 g/mol. The highest BCUT2D eigenvalue weighted by Gasteiger charge is 2.17. The summed E-state index contributed by atoms with van der Waals surface area (Å²) in [6.45, 7) is 4.99. The van der Waals surface area contributed by atoms with Gasteiger partial charge in [0.25, 0.3) is 11.1 Å². The van der Waals surface area contributed by atoms with Crippen LogP contribution in [0.3, 0.4) is 0 Å². The molecule has 162 valence electrons. The van der Waals surface area contributed by atoms with Crippen molar-refractivity contribution in [2.24, 2.45) is 0 Å². The van der Waals surface area contributed by atoms with E-state index in [1.807, 2.05) is 13.8 Å². The molecule has 0 atom stereocenters. The van der Waals surface area contributed by atoms with Crippen LogP contribution in [0.5, 0.6) is 11.6 Å². The molecular formula is C19H17Cl2N5O5. The summed E-state index contributed by atoms with van der Waals surface area (Å²) in [6, 6.07) is 4.18. The smallest absolute Gasteiger partial charge is 0.349 e. The van der Waals surface area contributed by atoms with Gasteiger partial charge >= 0.3 is 5.69 Å². The second-order valence-corrected chi connectivity index (χ2v) is 7.80. The number of H-pyrrole nitrogens is 2. The maximum Gasteiger partial charge on any atom is 0.349 e. The Labute approximate surface area is 184 Å². The minimum absolute atomic E-state index is 0.0228. The van der Waals surface area contributed by atoms with Crippen molar-refractivity contribution in [2.75, 3.05) is 0 Å². The van der Waals surface area contributed by atoms with Gasteiger partial charge < -0.3 is 4.74 Å². The van der Waals surface area contributed by atoms with E-state index in [0.717, 1.165) is 4.68 Å². The lowest BCUT2D eigenvalue weighted by Crippen LogP contribution is -2.34. The highest BCUT2D eigenvalue weighted by atomic mass is 35.5. The molecule has 31 heavy (non-hydrogen) atoms. The van der Waals surface area contributed by atoms with Crippen LogP contribution in [0.25, 0.3) is 5.69 Å². The summed E-state index contributed by atoms with van der Waals surface area (Å²) in [6.07, 6.45) is -0.242. The van der Waals surface area contributed by atoms with Crippen LogP contribution in [0.4, 0.5) is 0 Å². The first kappa shape index (κ1) is 22.4. The van der Waals surface area contributed by atoms with E-state index in [9.17, 15) is 19.2 Å². The Morgan fingerprint density at radius 2 is 1.77 bits per heavy atom. The standard InChI is InChI=1S/C19H17Cl2N5O5/c1-8(2)11-7-15(23-24-17(11)28)31-16-12(20)5-10(6-13(16)21)26-19(30)22-18(29)14(25-26)4-9(3)27/h5-8H,4H2,1-3H3,(H,24,28)(H,22,29,30). The molecule has 1 aromatic carbocycles. The first-order valence-electron chi connectivity index (χ1n) is 9.05. The number of carbonyl (C=O) groups excluding carboxylic acids is 1. The van der Waals surface area contributed by atoms with Crippen molar-refractivity contribution in [1.29, 1.82) is 0 Å². The van der Waals surface area contributed by atoms with Crippen molar-refractivity contribution in [3.05, 3.63) is 70.7 Å². The van der Waals surface area contributed by atoms with Gasteiger partial charge in [0.2, 0.25) is 5.88 Å². The Bertz CT molecular complexity index is 1320. The molecule has 0 saturated heterocycles. The molecule has 0 saturated carbocycles. The minimum Gasteiger partial charge on any atom is -0.434 e. The molecule has 0 unspecified atom stereocenters. The average Bonchev–Trinajstić information content (AvgIpc) is 2.67. The summed E-state index contributed by atoms with van der Waals surface area (Å²) in [5.74, 6) is -0.243. The van der Waals surface area contributed by atoms with Crippen LogP contribution in [-0.4, -0.2) is 30.7 Å². The highest BCUT2D eigenvalue weighted by Crippen LogP contribution is 2.37. The van der Waals surface area contributed by atoms with E-state index in [-0.39, 0.29) is 56.7 Å². The Morgan fingerprint density at radius 3 is 2.35 bits per heavy atom. The number of hydrogen-bond donors (Lipinski definition) is 2. The molecule has 2 heterocycles. The van der Waals surface area contributed by atoms with Crippen molar-refractivity contribution in [2.45, 2.75) is 33.1 Å². The van der Waals surface area contributed by atoms with Gasteiger partial charge in [-0.25, -0.2) is 9.89 Å². The fourth-order valence-corrected chi connectivity index (χ4v) is 3.27. The molecule has 0 amide bonds. The number of ether oxygens (including phenoxy) is 1. The van der Waals surface area contributed by atoms with E-state index in [4.69, 9.17) is 27.9 Å². The summed E-state index contributed by atoms with van der Waals surface area (Å²) in [5, 5.41) is 10.2. The van der Waals surface area contributed by atoms with E-state index >= 15 is 0 Å². The normalized spacial score (nSPS) is 11.0. The number of rotatable bonds is 6. The second kappa shape index (κ2) is 8.86. The predicted octanol–water partition coefficient (Wildman–Crippen LogP) is 2.36. The van der Waals surface area contributed by atoms with Crippen molar-refractivity contribution in [3.8, 4) is 17.3 Å². The number of hydrogen-bond acceptors (Lipinski definition) is 7. The number of nitrogens with one attached hydrogen (secondary N) is 2. The summed E-state index contributed by atoms with van der Waals surface area (Å²) in [4.78, 5) is 49.4. The van der Waals surface area contributed by atoms with Gasteiger partial charge in [0, 0.05) is 11.6 Å². The molecule has 0 aliphatic carbocycles. The number of carbonyl (C=O) groups is 1. The van der Waals surface area contributed by atoms with Crippen molar-refractivity contribution < 1.29 is 9.53 Å². The van der Waals surface area contributed by atoms with E-state index < -0.39 is 11.2 Å². The third-order valence-corrected chi connectivity index (χ3v) is 4.74. The van der Waals surface area contributed by atoms with Gasteiger partial charge in [-0.05, 0) is 25.0 Å². The Kier molecular flexibility index (Phi) is 6.42. The molecule has 10 nitrogen and oxygen atoms in total. The van der Waals surface area contributed by atoms with Crippen LogP contribution in [0, 0.1) is 0 Å². The fourth-order valence-electron chi connectivity index (χ4n) is 2.71. The zero-order chi connectivity index (χ0) is 22.9. The molecule has 0 spiro atoms. The van der Waals surface area contributed by atoms with Crippen LogP contribution in [0.15, 0.2) is 32.6 Å². The lowest BCUT2D eigenvalue weighted by Gasteiger charge is -2.12. The van der Waals surface area contributed by atoms with E-state index in [1.165, 1.54) is 25.1 Å². The Morgan fingerprint density at radius 1 is 1.13 bits per heavy atom. The van der Waals surface area contributed by atoms with Crippen molar-refractivity contribution >= 4 is 29.0 Å². The predicted molar refractivity (Wildman–Crippen MR) is 114 cm³/mol. The van der Waals surface area contributed by atoms with Gasteiger partial charge in [0.1, 0.15) is 11.5 Å². The van der Waals surface area contributed by atoms with E-state index in [0.29, 0.717) is 5.56 Å². The summed E-state index contributed by atoms with van der Waals surface area (Å²) < 4.78 is 6.52. The van der Waals surface area contributed by atoms with Crippen LogP contribution in [-0.2, 0) is 11.2 Å². The molecule has 0 aliphatic heterocycles. The second-order valence-electron chi connectivity index (χ2n) is 6.98. The topological polar surface area (TPSA) is 140 Å². The lowest BCUT2D eigenvalue weighted by atomic mass is 10.1. The molecule has 3 rings (SSSR count). The lowest BCUT2D eigenvalue weighted by molar-refractivity contribution is -0.116. The third-order valence-electron chi connectivity index (χ3n) is 4.18. The maximum absolute atomic E-state index is 12.2. The van der Waals surface area contributed by atoms with Gasteiger partial charge in [-0.2, -0.15) is 9.78 Å². The molecule has 12 heteroatoms. The largest absolute Gasteiger partial charge is 0.434 e. The van der Waals surface area contributed by atoms with Crippen LogP contribution >= 0.6 is 23.2 Å². The summed E-state index contributed by atoms with van der Waals surface area (Å²) >= 11 is 12.6. The number of benzene rings is 1. The van der Waals surface area contributed by atoms with Crippen molar-refractivity contribution in [1.82, 2.24) is 25.0 Å². The fraction of sp³-hybridized carbons (Fsp3) is 0.263. The number of Topliss-reactive ketones (excluding diaryl/α,β-unsaturated/α-hetero) is 1. The molecule has 0 bridgehead atoms. The monoisotopic (exact) mass is 465 g/mol. The number of aromatic nitrogens is 5. The SMILES string of the molecule is CC(=O)Cc1nn(-c2cc(Cl)c(Oc3cc(C(C)C)c(=O)[nH]n3)c(Cl)c2)c(=O)[nH]c1=O. The van der Waals surface area contributed by atoms with Gasteiger partial charge in [0.15, 0.2) is 5.75 Å². The van der Waals surface area contributed by atoms with Crippen LogP contribution < -0.4 is 21.5 Å². The Balaban J connectivity index is 2.03. The zero-order valence-electron chi connectivity index (χ0n) is 16.7. The first-order chi connectivity index (χ1) is 14.6. The number of ketones is 1. The van der Waals surface area contributed by atoms with Gasteiger partial charge in [-0.3, -0.25) is 19.4 Å². The van der Waals surface area contributed by atoms with Gasteiger partial charge in [0.05, 0.1) is 22.2 Å². The number of aromatic amines is 2. The third kappa shape index (κ3) is 4.92. The van der Waals surface area contributed by atoms with Crippen molar-refractivity contribution in [3.63, 3.8) is 0 Å².